The maximum absolute atomic E-state index is 13.0. The monoisotopic (exact) mass is 334 g/mol. The van der Waals surface area contributed by atoms with Gasteiger partial charge < -0.3 is 15.3 Å². The second kappa shape index (κ2) is 7.19. The molecule has 1 amide bonds. The summed E-state index contributed by atoms with van der Waals surface area (Å²) in [5, 5.41) is 13.9. The molecule has 1 aromatic rings. The van der Waals surface area contributed by atoms with Crippen molar-refractivity contribution < 1.29 is 14.3 Å². The summed E-state index contributed by atoms with van der Waals surface area (Å²) >= 11 is 0. The van der Waals surface area contributed by atoms with Gasteiger partial charge in [-0.25, -0.2) is 4.39 Å². The van der Waals surface area contributed by atoms with Crippen LogP contribution >= 0.6 is 0 Å². The van der Waals surface area contributed by atoms with Crippen molar-refractivity contribution in [2.24, 2.45) is 11.3 Å². The number of hydrogen-bond acceptors (Lipinski definition) is 3. The first-order chi connectivity index (χ1) is 11.5. The lowest BCUT2D eigenvalue weighted by Gasteiger charge is -2.41. The van der Waals surface area contributed by atoms with Crippen LogP contribution in [-0.4, -0.2) is 42.1 Å². The summed E-state index contributed by atoms with van der Waals surface area (Å²) in [7, 11) is 0. The highest BCUT2D eigenvalue weighted by molar-refractivity contribution is 5.82. The number of nitrogens with one attached hydrogen (secondary N) is 1. The van der Waals surface area contributed by atoms with Crippen LogP contribution in [0.5, 0.6) is 0 Å². The minimum absolute atomic E-state index is 0.122. The molecule has 2 unspecified atom stereocenters. The molecular weight excluding hydrogens is 307 g/mol. The summed E-state index contributed by atoms with van der Waals surface area (Å²) in [6, 6.07) is 6.06. The summed E-state index contributed by atoms with van der Waals surface area (Å²) in [5.74, 6) is 0.0712. The molecule has 2 fully saturated rings. The fourth-order valence-electron chi connectivity index (χ4n) is 3.97. The number of benzene rings is 1. The highest BCUT2D eigenvalue weighted by Gasteiger charge is 2.39. The van der Waals surface area contributed by atoms with E-state index >= 15 is 0 Å². The first-order valence-corrected chi connectivity index (χ1v) is 8.93. The average Bonchev–Trinajstić information content (AvgIpc) is 2.62. The van der Waals surface area contributed by atoms with Crippen LogP contribution in [0.3, 0.4) is 0 Å². The van der Waals surface area contributed by atoms with Crippen molar-refractivity contribution in [3.63, 3.8) is 0 Å². The molecule has 2 aliphatic heterocycles. The molecule has 3 rings (SSSR count). The van der Waals surface area contributed by atoms with Gasteiger partial charge in [0.05, 0.1) is 11.5 Å². The third kappa shape index (κ3) is 3.62. The van der Waals surface area contributed by atoms with Crippen LogP contribution in [0.25, 0.3) is 0 Å². The number of nitrogens with zero attached hydrogens (tertiary/aromatic N) is 1. The molecule has 0 aromatic heterocycles. The molecule has 5 heteroatoms. The Hall–Kier alpha value is -1.46. The lowest BCUT2D eigenvalue weighted by molar-refractivity contribution is -0.144. The van der Waals surface area contributed by atoms with E-state index < -0.39 is 6.10 Å². The van der Waals surface area contributed by atoms with E-state index in [1.807, 2.05) is 4.90 Å². The molecule has 0 bridgehead atoms. The molecule has 0 saturated carbocycles. The number of piperidine rings is 2. The second-order valence-corrected chi connectivity index (χ2v) is 7.47. The van der Waals surface area contributed by atoms with Gasteiger partial charge >= 0.3 is 0 Å². The normalized spacial score (nSPS) is 27.0. The van der Waals surface area contributed by atoms with Crippen LogP contribution < -0.4 is 5.32 Å². The van der Waals surface area contributed by atoms with Crippen LogP contribution in [-0.2, 0) is 4.79 Å². The summed E-state index contributed by atoms with van der Waals surface area (Å²) in [6.07, 6.45) is 2.97. The smallest absolute Gasteiger partial charge is 0.229 e. The van der Waals surface area contributed by atoms with Gasteiger partial charge in [-0.05, 0) is 62.8 Å². The third-order valence-corrected chi connectivity index (χ3v) is 5.60. The quantitative estimate of drug-likeness (QED) is 0.893. The van der Waals surface area contributed by atoms with Gasteiger partial charge in [0.1, 0.15) is 5.82 Å². The zero-order chi connectivity index (χ0) is 17.2. The molecule has 1 aromatic carbocycles. The van der Waals surface area contributed by atoms with Gasteiger partial charge in [0.2, 0.25) is 5.91 Å². The topological polar surface area (TPSA) is 52.6 Å². The van der Waals surface area contributed by atoms with Crippen LogP contribution in [0.2, 0.25) is 0 Å². The molecule has 0 aliphatic carbocycles. The van der Waals surface area contributed by atoms with Crippen LogP contribution in [0.1, 0.15) is 44.3 Å². The Morgan fingerprint density at radius 2 is 2.00 bits per heavy atom. The standard InChI is InChI=1S/C19H27FN2O2/c1-19(9-2-10-21-13-19)18(24)22-11-7-15(8-12-22)17(23)14-3-5-16(20)6-4-14/h3-6,15,17,21,23H,2,7-13H2,1H3. The molecule has 24 heavy (non-hydrogen) atoms. The minimum Gasteiger partial charge on any atom is -0.388 e. The largest absolute Gasteiger partial charge is 0.388 e. The van der Waals surface area contributed by atoms with Gasteiger partial charge in [0, 0.05) is 19.6 Å². The number of amides is 1. The zero-order valence-electron chi connectivity index (χ0n) is 14.3. The Balaban J connectivity index is 1.57. The Labute approximate surface area is 143 Å². The van der Waals surface area contributed by atoms with E-state index in [0.29, 0.717) is 13.1 Å². The second-order valence-electron chi connectivity index (χ2n) is 7.47. The highest BCUT2D eigenvalue weighted by Crippen LogP contribution is 2.34. The lowest BCUT2D eigenvalue weighted by atomic mass is 9.80. The Kier molecular flexibility index (Phi) is 5.21. The molecule has 2 aliphatic rings. The molecular formula is C19H27FN2O2. The van der Waals surface area contributed by atoms with Gasteiger partial charge in [0.25, 0.3) is 0 Å². The van der Waals surface area contributed by atoms with E-state index in [9.17, 15) is 14.3 Å². The van der Waals surface area contributed by atoms with Crippen molar-refractivity contribution in [3.05, 3.63) is 35.6 Å². The number of aliphatic hydroxyl groups excluding tert-OH is 1. The number of carbonyl (C=O) groups is 1. The zero-order valence-corrected chi connectivity index (χ0v) is 14.3. The fourth-order valence-corrected chi connectivity index (χ4v) is 3.97. The van der Waals surface area contributed by atoms with Crippen molar-refractivity contribution in [1.29, 1.82) is 0 Å². The first kappa shape index (κ1) is 17.4. The number of likely N-dealkylation sites (tertiary alicyclic amines) is 1. The Morgan fingerprint density at radius 1 is 1.33 bits per heavy atom. The number of carbonyl (C=O) groups excluding carboxylic acids is 1. The van der Waals surface area contributed by atoms with E-state index in [4.69, 9.17) is 0 Å². The number of aliphatic hydroxyl groups is 1. The molecule has 2 saturated heterocycles. The Bertz CT molecular complexity index is 561. The van der Waals surface area contributed by atoms with Gasteiger partial charge in [-0.3, -0.25) is 4.79 Å². The van der Waals surface area contributed by atoms with Crippen molar-refractivity contribution in [2.75, 3.05) is 26.2 Å². The van der Waals surface area contributed by atoms with Crippen LogP contribution in [0, 0.1) is 17.2 Å². The van der Waals surface area contributed by atoms with E-state index in [1.165, 1.54) is 12.1 Å². The van der Waals surface area contributed by atoms with Gasteiger partial charge in [-0.15, -0.1) is 0 Å². The Morgan fingerprint density at radius 3 is 2.58 bits per heavy atom. The average molecular weight is 334 g/mol. The van der Waals surface area contributed by atoms with Crippen LogP contribution in [0.4, 0.5) is 4.39 Å². The summed E-state index contributed by atoms with van der Waals surface area (Å²) in [5.41, 5.74) is 0.463. The molecule has 4 nitrogen and oxygen atoms in total. The van der Waals surface area contributed by atoms with E-state index in [1.54, 1.807) is 12.1 Å². The molecule has 0 spiro atoms. The maximum atomic E-state index is 13.0. The van der Waals surface area contributed by atoms with Crippen LogP contribution in [0.15, 0.2) is 24.3 Å². The fraction of sp³-hybridized carbons (Fsp3) is 0.632. The van der Waals surface area contributed by atoms with Crippen molar-refractivity contribution >= 4 is 5.91 Å². The van der Waals surface area contributed by atoms with Gasteiger partial charge in [0.15, 0.2) is 0 Å². The van der Waals surface area contributed by atoms with Crippen molar-refractivity contribution in [3.8, 4) is 0 Å². The van der Waals surface area contributed by atoms with E-state index in [2.05, 4.69) is 12.2 Å². The number of rotatable bonds is 3. The first-order valence-electron chi connectivity index (χ1n) is 8.93. The highest BCUT2D eigenvalue weighted by atomic mass is 19.1. The number of halogens is 1. The van der Waals surface area contributed by atoms with E-state index in [-0.39, 0.29) is 23.1 Å². The minimum atomic E-state index is -0.588. The summed E-state index contributed by atoms with van der Waals surface area (Å²) in [4.78, 5) is 14.8. The van der Waals surface area contributed by atoms with Crippen molar-refractivity contribution in [2.45, 2.75) is 38.7 Å². The van der Waals surface area contributed by atoms with Gasteiger partial charge in [-0.2, -0.15) is 0 Å². The predicted molar refractivity (Wildman–Crippen MR) is 90.9 cm³/mol. The lowest BCUT2D eigenvalue weighted by Crippen LogP contribution is -2.52. The SMILES string of the molecule is CC1(C(=O)N2CCC(C(O)c3ccc(F)cc3)CC2)CCCNC1. The predicted octanol–water partition coefficient (Wildman–Crippen LogP) is 2.49. The van der Waals surface area contributed by atoms with E-state index in [0.717, 1.165) is 44.3 Å². The molecule has 132 valence electrons. The molecule has 2 atom stereocenters. The van der Waals surface area contributed by atoms with Crippen molar-refractivity contribution in [1.82, 2.24) is 10.2 Å². The molecule has 2 heterocycles. The summed E-state index contributed by atoms with van der Waals surface area (Å²) < 4.78 is 13.0. The third-order valence-electron chi connectivity index (χ3n) is 5.60. The van der Waals surface area contributed by atoms with Gasteiger partial charge in [-0.1, -0.05) is 12.1 Å². The number of hydrogen-bond donors (Lipinski definition) is 2. The summed E-state index contributed by atoms with van der Waals surface area (Å²) in [6.45, 7) is 5.19. The molecule has 0 radical (unpaired) electrons. The maximum Gasteiger partial charge on any atom is 0.229 e. The molecule has 2 N–H and O–H groups in total.